The van der Waals surface area contributed by atoms with Gasteiger partial charge in [-0.05, 0) is 36.2 Å². The van der Waals surface area contributed by atoms with Gasteiger partial charge in [-0.2, -0.15) is 4.98 Å². The third kappa shape index (κ3) is 4.63. The molecule has 0 bridgehead atoms. The number of methoxy groups -OCH3 is 1. The molecule has 4 rings (SSSR count). The fourth-order valence-corrected chi connectivity index (χ4v) is 4.95. The largest absolute Gasteiger partial charge is 0.461 e. The van der Waals surface area contributed by atoms with Crippen LogP contribution >= 0.6 is 0 Å². The van der Waals surface area contributed by atoms with Gasteiger partial charge in [-0.1, -0.05) is 30.8 Å². The van der Waals surface area contributed by atoms with E-state index >= 15 is 0 Å². The van der Waals surface area contributed by atoms with Gasteiger partial charge in [-0.15, -0.1) is 0 Å². The van der Waals surface area contributed by atoms with Gasteiger partial charge in [-0.3, -0.25) is 9.47 Å². The lowest BCUT2D eigenvalue weighted by Crippen LogP contribution is -2.32. The number of hydrogen-bond acceptors (Lipinski definition) is 6. The first-order valence-electron chi connectivity index (χ1n) is 10.2. The van der Waals surface area contributed by atoms with Gasteiger partial charge in [0.25, 0.3) is 0 Å². The molecule has 158 valence electrons. The Labute approximate surface area is 178 Å². The molecule has 0 amide bonds. The molecule has 2 radical (unpaired) electrons. The van der Waals surface area contributed by atoms with E-state index in [0.29, 0.717) is 30.9 Å². The lowest BCUT2D eigenvalue weighted by Gasteiger charge is -2.23. The van der Waals surface area contributed by atoms with E-state index in [1.54, 1.807) is 17.9 Å². The predicted octanol–water partition coefficient (Wildman–Crippen LogP) is 1.87. The Balaban J connectivity index is 1.48. The van der Waals surface area contributed by atoms with Crippen molar-refractivity contribution in [3.63, 3.8) is 0 Å². The van der Waals surface area contributed by atoms with Crippen molar-refractivity contribution in [2.45, 2.75) is 38.1 Å². The third-order valence-corrected chi connectivity index (χ3v) is 6.77. The highest BCUT2D eigenvalue weighted by atomic mass is 28.2. The van der Waals surface area contributed by atoms with E-state index in [2.05, 4.69) is 50.7 Å². The van der Waals surface area contributed by atoms with Gasteiger partial charge in [-0.25, -0.2) is 9.78 Å². The fraction of sp³-hybridized carbons (Fsp3) is 0.476. The Bertz CT molecular complexity index is 1030. The van der Waals surface area contributed by atoms with E-state index < -0.39 is 0 Å². The number of rotatable bonds is 9. The lowest BCUT2D eigenvalue weighted by atomic mass is 10.1. The SMILES string of the molecule is COCCOc1ncc2[nH]c(=O)n(Cc3ccc(CN4CCCC4[Si]C)cc3)c2n1. The summed E-state index contributed by atoms with van der Waals surface area (Å²) in [6.45, 7) is 5.72. The number of benzene rings is 1. The molecule has 8 nitrogen and oxygen atoms in total. The first-order valence-corrected chi connectivity index (χ1v) is 11.8. The number of aromatic nitrogens is 4. The minimum atomic E-state index is -0.207. The zero-order valence-electron chi connectivity index (χ0n) is 17.4. The molecule has 1 aliphatic heterocycles. The van der Waals surface area contributed by atoms with Gasteiger partial charge >= 0.3 is 11.7 Å². The summed E-state index contributed by atoms with van der Waals surface area (Å²) >= 11 is 0. The molecular formula is C21H27N5O3Si. The van der Waals surface area contributed by atoms with Gasteiger partial charge in [0.1, 0.15) is 12.1 Å². The van der Waals surface area contributed by atoms with E-state index in [0.717, 1.165) is 27.3 Å². The Kier molecular flexibility index (Phi) is 6.61. The number of H-pyrrole nitrogens is 1. The van der Waals surface area contributed by atoms with Crippen LogP contribution in [0.3, 0.4) is 0 Å². The van der Waals surface area contributed by atoms with Crippen LogP contribution in [0.1, 0.15) is 24.0 Å². The average molecular weight is 426 g/mol. The molecule has 1 saturated heterocycles. The maximum atomic E-state index is 12.5. The second-order valence-corrected chi connectivity index (χ2v) is 8.72. The van der Waals surface area contributed by atoms with E-state index in [1.807, 2.05) is 0 Å². The summed E-state index contributed by atoms with van der Waals surface area (Å²) in [6.07, 6.45) is 4.19. The number of nitrogens with one attached hydrogen (secondary N) is 1. The Morgan fingerprint density at radius 2 is 1.97 bits per heavy atom. The summed E-state index contributed by atoms with van der Waals surface area (Å²) in [6, 6.07) is 8.75. The normalized spacial score (nSPS) is 17.1. The van der Waals surface area contributed by atoms with Gasteiger partial charge in [0.05, 0.1) is 28.9 Å². The summed E-state index contributed by atoms with van der Waals surface area (Å²) in [7, 11) is 2.58. The monoisotopic (exact) mass is 425 g/mol. The summed E-state index contributed by atoms with van der Waals surface area (Å²) < 4.78 is 12.1. The summed E-state index contributed by atoms with van der Waals surface area (Å²) in [5.74, 6) is 0. The Morgan fingerprint density at radius 1 is 1.20 bits per heavy atom. The van der Waals surface area contributed by atoms with Crippen LogP contribution in [0.2, 0.25) is 6.55 Å². The number of ether oxygens (including phenoxy) is 2. The lowest BCUT2D eigenvalue weighted by molar-refractivity contribution is 0.141. The molecule has 9 heteroatoms. The van der Waals surface area contributed by atoms with Crippen molar-refractivity contribution in [2.24, 2.45) is 0 Å². The maximum Gasteiger partial charge on any atom is 0.328 e. The van der Waals surface area contributed by atoms with Crippen LogP contribution in [0.15, 0.2) is 35.3 Å². The second-order valence-electron chi connectivity index (χ2n) is 7.48. The fourth-order valence-electron chi connectivity index (χ4n) is 3.87. The maximum absolute atomic E-state index is 12.5. The highest BCUT2D eigenvalue weighted by molar-refractivity contribution is 6.35. The molecule has 1 N–H and O–H groups in total. The predicted molar refractivity (Wildman–Crippen MR) is 116 cm³/mol. The summed E-state index contributed by atoms with van der Waals surface area (Å²) in [4.78, 5) is 26.4. The van der Waals surface area contributed by atoms with E-state index in [4.69, 9.17) is 9.47 Å². The number of nitrogens with zero attached hydrogens (tertiary/aromatic N) is 4. The van der Waals surface area contributed by atoms with Crippen molar-refractivity contribution in [2.75, 3.05) is 26.9 Å². The number of hydrogen-bond donors (Lipinski definition) is 1. The van der Waals surface area contributed by atoms with Crippen LogP contribution in [-0.2, 0) is 17.8 Å². The highest BCUT2D eigenvalue weighted by Crippen LogP contribution is 2.20. The van der Waals surface area contributed by atoms with Gasteiger partial charge in [0.2, 0.25) is 0 Å². The quantitative estimate of drug-likeness (QED) is 0.416. The van der Waals surface area contributed by atoms with Crippen molar-refractivity contribution >= 4 is 20.7 Å². The van der Waals surface area contributed by atoms with Crippen LogP contribution in [-0.4, -0.2) is 66.5 Å². The first kappa shape index (κ1) is 20.8. The molecule has 1 fully saturated rings. The summed E-state index contributed by atoms with van der Waals surface area (Å²) in [5, 5.41) is 0. The van der Waals surface area contributed by atoms with E-state index in [1.165, 1.54) is 24.9 Å². The zero-order valence-corrected chi connectivity index (χ0v) is 18.4. The van der Waals surface area contributed by atoms with E-state index in [-0.39, 0.29) is 11.7 Å². The molecule has 0 saturated carbocycles. The number of likely N-dealkylation sites (tertiary alicyclic amines) is 1. The average Bonchev–Trinajstić information content (AvgIpc) is 3.33. The molecule has 1 atom stereocenters. The van der Waals surface area contributed by atoms with Crippen LogP contribution < -0.4 is 10.4 Å². The molecular weight excluding hydrogens is 398 g/mol. The number of imidazole rings is 1. The molecule has 1 aromatic carbocycles. The molecule has 1 aliphatic rings. The van der Waals surface area contributed by atoms with Crippen LogP contribution in [0, 0.1) is 0 Å². The Morgan fingerprint density at radius 3 is 2.70 bits per heavy atom. The highest BCUT2D eigenvalue weighted by Gasteiger charge is 2.22. The van der Waals surface area contributed by atoms with E-state index in [9.17, 15) is 4.79 Å². The molecule has 2 aromatic heterocycles. The summed E-state index contributed by atoms with van der Waals surface area (Å²) in [5.41, 5.74) is 4.02. The zero-order chi connectivity index (χ0) is 20.9. The minimum Gasteiger partial charge on any atom is -0.461 e. The molecule has 0 aliphatic carbocycles. The van der Waals surface area contributed by atoms with Crippen LogP contribution in [0.5, 0.6) is 6.01 Å². The molecule has 1 unspecified atom stereocenters. The van der Waals surface area contributed by atoms with Gasteiger partial charge in [0.15, 0.2) is 5.65 Å². The van der Waals surface area contributed by atoms with Crippen molar-refractivity contribution in [3.05, 3.63) is 52.1 Å². The number of fused-ring (bicyclic) bond motifs is 1. The molecule has 30 heavy (non-hydrogen) atoms. The van der Waals surface area contributed by atoms with Gasteiger partial charge < -0.3 is 14.5 Å². The van der Waals surface area contributed by atoms with Crippen molar-refractivity contribution < 1.29 is 9.47 Å². The standard InChI is InChI=1S/C21H27N5O3Si/c1-28-10-11-29-20-22-12-17-19(24-20)26(21(27)23-17)14-16-7-5-15(6-8-16)13-25-9-3-4-18(25)30-2/h5-8,12,18H,3-4,9-11,13-14H2,1-2H3,(H,23,27). The Hall–Kier alpha value is -2.49. The van der Waals surface area contributed by atoms with Crippen molar-refractivity contribution in [3.8, 4) is 6.01 Å². The van der Waals surface area contributed by atoms with Gasteiger partial charge in [0, 0.05) is 13.7 Å². The molecule has 3 aromatic rings. The van der Waals surface area contributed by atoms with Crippen LogP contribution in [0.4, 0.5) is 0 Å². The molecule has 0 spiro atoms. The molecule has 3 heterocycles. The van der Waals surface area contributed by atoms with Crippen molar-refractivity contribution in [1.29, 1.82) is 0 Å². The van der Waals surface area contributed by atoms with Crippen LogP contribution in [0.25, 0.3) is 11.2 Å². The smallest absolute Gasteiger partial charge is 0.328 e. The second kappa shape index (κ2) is 9.54. The topological polar surface area (TPSA) is 85.3 Å². The number of aromatic amines is 1. The minimum absolute atomic E-state index is 0.207. The first-order chi connectivity index (χ1) is 14.7. The van der Waals surface area contributed by atoms with Crippen molar-refractivity contribution in [1.82, 2.24) is 24.4 Å². The third-order valence-electron chi connectivity index (χ3n) is 5.45.